The molecule has 0 amide bonds. The van der Waals surface area contributed by atoms with Crippen LogP contribution in [0.2, 0.25) is 0 Å². The van der Waals surface area contributed by atoms with Gasteiger partial charge in [0.2, 0.25) is 5.72 Å². The van der Waals surface area contributed by atoms with E-state index in [0.717, 1.165) is 27.6 Å². The maximum atomic E-state index is 10.8. The van der Waals surface area contributed by atoms with E-state index in [2.05, 4.69) is 61.2 Å². The number of rotatable bonds is 4. The number of anilines is 1. The van der Waals surface area contributed by atoms with Gasteiger partial charge in [0.25, 0.3) is 0 Å². The number of para-hydroxylation sites is 1. The van der Waals surface area contributed by atoms with Crippen molar-refractivity contribution in [3.63, 3.8) is 0 Å². The first-order valence-electron chi connectivity index (χ1n) is 14.8. The number of aromatic hydroxyl groups is 1. The highest BCUT2D eigenvalue weighted by Crippen LogP contribution is 2.57. The molecule has 1 N–H and O–H groups in total. The summed E-state index contributed by atoms with van der Waals surface area (Å²) in [5.41, 5.74) is 1.77. The molecule has 0 saturated carbocycles. The van der Waals surface area contributed by atoms with E-state index >= 15 is 0 Å². The van der Waals surface area contributed by atoms with Gasteiger partial charge in [0, 0.05) is 27.9 Å². The van der Waals surface area contributed by atoms with Gasteiger partial charge in [-0.2, -0.15) is 5.26 Å². The van der Waals surface area contributed by atoms with Gasteiger partial charge in [-0.1, -0.05) is 72.8 Å². The third-order valence-electron chi connectivity index (χ3n) is 9.26. The summed E-state index contributed by atoms with van der Waals surface area (Å²) in [4.78, 5) is 7.42. The average Bonchev–Trinajstić information content (AvgIpc) is 3.23. The predicted octanol–water partition coefficient (Wildman–Crippen LogP) is 8.39. The molecule has 214 valence electrons. The summed E-state index contributed by atoms with van der Waals surface area (Å²) in [6.07, 6.45) is 1.93. The van der Waals surface area contributed by atoms with Crippen LogP contribution in [-0.2, 0) is 5.41 Å². The van der Waals surface area contributed by atoms with Gasteiger partial charge >= 0.3 is 0 Å². The molecule has 6 aromatic rings. The van der Waals surface area contributed by atoms with Gasteiger partial charge in [0.1, 0.15) is 23.8 Å². The number of nitriles is 1. The molecule has 1 spiro atoms. The minimum Gasteiger partial charge on any atom is -0.507 e. The van der Waals surface area contributed by atoms with Gasteiger partial charge in [-0.25, -0.2) is 0 Å². The molecule has 6 aromatic carbocycles. The van der Waals surface area contributed by atoms with Crippen LogP contribution in [0, 0.1) is 11.3 Å². The van der Waals surface area contributed by atoms with Crippen LogP contribution in [-0.4, -0.2) is 30.2 Å². The summed E-state index contributed by atoms with van der Waals surface area (Å²) in [7, 11) is 0. The van der Waals surface area contributed by atoms with Crippen LogP contribution >= 0.6 is 0 Å². The Bertz CT molecular complexity index is 2200. The van der Waals surface area contributed by atoms with Crippen molar-refractivity contribution in [1.29, 1.82) is 5.26 Å². The molecule has 2 aliphatic rings. The number of nitrogens with zero attached hydrogens (tertiary/aromatic N) is 3. The fourth-order valence-corrected chi connectivity index (χ4v) is 7.18. The molecule has 6 heteroatoms. The number of ether oxygens (including phenoxy) is 2. The summed E-state index contributed by atoms with van der Waals surface area (Å²) in [6, 6.07) is 36.0. The Kier molecular flexibility index (Phi) is 5.63. The molecule has 2 heterocycles. The molecule has 0 saturated heterocycles. The highest BCUT2D eigenvalue weighted by Gasteiger charge is 2.60. The standard InChI is InChI=1S/C38H29N3O3/c1-37(2)35-27-13-7-6-10-24(27)16-17-31(35)41(18-19-43-26-11-4-3-5-12-26)38(37)23-40-36-33(44-38)20-25(22-39)30-21-32(42)28-14-8-9-15-29(28)34(30)36/h3-17,20-21,23,42H,18-19H2,1-2H3. The first-order valence-corrected chi connectivity index (χ1v) is 14.8. The van der Waals surface area contributed by atoms with Crippen molar-refractivity contribution in [3.05, 3.63) is 114 Å². The van der Waals surface area contributed by atoms with E-state index in [-0.39, 0.29) is 5.75 Å². The number of aliphatic imine (C=N–C) groups is 1. The van der Waals surface area contributed by atoms with Gasteiger partial charge in [0.15, 0.2) is 5.75 Å². The predicted molar refractivity (Wildman–Crippen MR) is 176 cm³/mol. The van der Waals surface area contributed by atoms with Gasteiger partial charge in [0.05, 0.1) is 29.8 Å². The molecular formula is C38H29N3O3. The van der Waals surface area contributed by atoms with E-state index < -0.39 is 11.1 Å². The monoisotopic (exact) mass is 575 g/mol. The quantitative estimate of drug-likeness (QED) is 0.214. The zero-order chi connectivity index (χ0) is 30.1. The van der Waals surface area contributed by atoms with Crippen LogP contribution in [0.15, 0.2) is 108 Å². The lowest BCUT2D eigenvalue weighted by molar-refractivity contribution is 0.0755. The smallest absolute Gasteiger partial charge is 0.229 e. The molecule has 0 fully saturated rings. The molecule has 0 aromatic heterocycles. The molecule has 0 radical (unpaired) electrons. The summed E-state index contributed by atoms with van der Waals surface area (Å²) in [6.45, 7) is 5.38. The highest BCUT2D eigenvalue weighted by molar-refractivity contribution is 6.18. The fraction of sp³-hybridized carbons (Fsp3) is 0.158. The number of fused-ring (bicyclic) bond motifs is 8. The van der Waals surface area contributed by atoms with Crippen LogP contribution in [0.1, 0.15) is 25.0 Å². The maximum Gasteiger partial charge on any atom is 0.229 e. The molecule has 6 nitrogen and oxygen atoms in total. The molecule has 1 unspecified atom stereocenters. The van der Waals surface area contributed by atoms with Crippen LogP contribution in [0.25, 0.3) is 32.3 Å². The third kappa shape index (κ3) is 3.56. The second-order valence-corrected chi connectivity index (χ2v) is 11.9. The van der Waals surface area contributed by atoms with Crippen LogP contribution in [0.4, 0.5) is 11.4 Å². The Morgan fingerprint density at radius 1 is 0.864 bits per heavy atom. The van der Waals surface area contributed by atoms with Crippen molar-refractivity contribution >= 4 is 49.9 Å². The lowest BCUT2D eigenvalue weighted by atomic mass is 9.75. The van der Waals surface area contributed by atoms with Crippen molar-refractivity contribution in [1.82, 2.24) is 0 Å². The largest absolute Gasteiger partial charge is 0.507 e. The Hall–Kier alpha value is -5.54. The highest BCUT2D eigenvalue weighted by atomic mass is 16.5. The first-order chi connectivity index (χ1) is 21.4. The summed E-state index contributed by atoms with van der Waals surface area (Å²) < 4.78 is 13.4. The van der Waals surface area contributed by atoms with Crippen LogP contribution in [0.3, 0.4) is 0 Å². The molecule has 0 bridgehead atoms. The van der Waals surface area contributed by atoms with E-state index in [1.54, 1.807) is 12.1 Å². The zero-order valence-corrected chi connectivity index (χ0v) is 24.4. The van der Waals surface area contributed by atoms with Crippen molar-refractivity contribution < 1.29 is 14.6 Å². The normalized spacial score (nSPS) is 17.9. The van der Waals surface area contributed by atoms with E-state index in [1.165, 1.54) is 10.9 Å². The lowest BCUT2D eigenvalue weighted by Gasteiger charge is -2.46. The van der Waals surface area contributed by atoms with Gasteiger partial charge in [-0.05, 0) is 59.8 Å². The Morgan fingerprint density at radius 2 is 1.59 bits per heavy atom. The second kappa shape index (κ2) is 9.48. The Morgan fingerprint density at radius 3 is 2.39 bits per heavy atom. The van der Waals surface area contributed by atoms with Crippen molar-refractivity contribution in [2.24, 2.45) is 4.99 Å². The SMILES string of the molecule is CC1(C)c2c(ccc3ccccc23)N(CCOc2ccccc2)C12C=Nc1c(cc(C#N)c3cc(O)c4ccccc4c13)O2. The molecule has 0 aliphatic carbocycles. The summed E-state index contributed by atoms with van der Waals surface area (Å²) in [5.74, 6) is 1.47. The summed E-state index contributed by atoms with van der Waals surface area (Å²) >= 11 is 0. The number of hydrogen-bond acceptors (Lipinski definition) is 6. The van der Waals surface area contributed by atoms with Crippen molar-refractivity contribution in [2.45, 2.75) is 25.0 Å². The molecule has 8 rings (SSSR count). The zero-order valence-electron chi connectivity index (χ0n) is 24.4. The van der Waals surface area contributed by atoms with Crippen molar-refractivity contribution in [2.75, 3.05) is 18.1 Å². The van der Waals surface area contributed by atoms with Crippen LogP contribution in [0.5, 0.6) is 17.2 Å². The summed E-state index contributed by atoms with van der Waals surface area (Å²) in [5, 5.41) is 26.3. The third-order valence-corrected chi connectivity index (χ3v) is 9.26. The van der Waals surface area contributed by atoms with E-state index in [4.69, 9.17) is 14.5 Å². The minimum absolute atomic E-state index is 0.130. The maximum absolute atomic E-state index is 10.8. The number of phenolic OH excluding ortho intramolecular Hbond substituents is 1. The first kappa shape index (κ1) is 26.1. The molecule has 2 aliphatic heterocycles. The number of benzene rings is 6. The van der Waals surface area contributed by atoms with E-state index in [0.29, 0.717) is 40.9 Å². The fourth-order valence-electron chi connectivity index (χ4n) is 7.18. The average molecular weight is 576 g/mol. The number of hydrogen-bond donors (Lipinski definition) is 1. The number of phenols is 1. The second-order valence-electron chi connectivity index (χ2n) is 11.9. The molecule has 44 heavy (non-hydrogen) atoms. The Balaban J connectivity index is 1.33. The Labute approximate surface area is 255 Å². The van der Waals surface area contributed by atoms with E-state index in [1.807, 2.05) is 60.8 Å². The molecular weight excluding hydrogens is 546 g/mol. The van der Waals surface area contributed by atoms with Gasteiger partial charge < -0.3 is 19.5 Å². The minimum atomic E-state index is -1.00. The van der Waals surface area contributed by atoms with E-state index in [9.17, 15) is 10.4 Å². The lowest BCUT2D eigenvalue weighted by Crippen LogP contribution is -2.63. The topological polar surface area (TPSA) is 78.1 Å². The molecule has 1 atom stereocenters. The van der Waals surface area contributed by atoms with Gasteiger partial charge in [-0.15, -0.1) is 0 Å². The van der Waals surface area contributed by atoms with Crippen LogP contribution < -0.4 is 14.4 Å². The van der Waals surface area contributed by atoms with Crippen molar-refractivity contribution in [3.8, 4) is 23.3 Å². The van der Waals surface area contributed by atoms with Gasteiger partial charge in [-0.3, -0.25) is 4.99 Å².